The maximum atomic E-state index is 14.2. The second kappa shape index (κ2) is 11.3. The molecule has 6 N–H and O–H groups in total. The summed E-state index contributed by atoms with van der Waals surface area (Å²) in [4.78, 5) is 32.7. The summed E-state index contributed by atoms with van der Waals surface area (Å²) < 4.78 is 0. The van der Waals surface area contributed by atoms with Crippen molar-refractivity contribution >= 4 is 30.3 Å². The summed E-state index contributed by atoms with van der Waals surface area (Å²) in [5.41, 5.74) is 5.74. The molecular weight excluding hydrogens is 559 g/mol. The Morgan fingerprint density at radius 2 is 1.80 bits per heavy atom. The van der Waals surface area contributed by atoms with Gasteiger partial charge in [0, 0.05) is 0 Å². The fourth-order valence-electron chi connectivity index (χ4n) is 8.51. The topological polar surface area (TPSA) is 151 Å². The number of ketones is 1. The summed E-state index contributed by atoms with van der Waals surface area (Å²) in [5, 5.41) is 46.3. The SMILES string of the molecule is B=C1C(C(N)=O)=C(O)[C@@H](N(C)C)[C@@H]2C[C@@H]3Cc4c(c(O)cc(CN(CC)CC5(CC)CCC5)c4N(C)C)C(=O)C3=C(O)[C@]12O. The molecule has 4 atom stereocenters. The number of anilines is 1. The number of likely N-dealkylation sites (N-methyl/N-ethyl adjacent to an activating group) is 1. The molecule has 0 spiro atoms. The Morgan fingerprint density at radius 3 is 2.30 bits per heavy atom. The molecule has 44 heavy (non-hydrogen) atoms. The van der Waals surface area contributed by atoms with Gasteiger partial charge in [-0.2, -0.15) is 0 Å². The molecule has 1 fully saturated rings. The molecule has 1 aromatic carbocycles. The zero-order valence-electron chi connectivity index (χ0n) is 26.9. The predicted molar refractivity (Wildman–Crippen MR) is 173 cm³/mol. The van der Waals surface area contributed by atoms with E-state index in [0.29, 0.717) is 23.9 Å². The number of fused-ring (bicyclic) bond motifs is 3. The van der Waals surface area contributed by atoms with E-state index in [4.69, 9.17) is 5.73 Å². The van der Waals surface area contributed by atoms with Crippen LogP contribution in [0.3, 0.4) is 0 Å². The van der Waals surface area contributed by atoms with Gasteiger partial charge in [-0.25, -0.2) is 0 Å². The first-order chi connectivity index (χ1) is 20.6. The molecule has 10 nitrogen and oxygen atoms in total. The van der Waals surface area contributed by atoms with E-state index in [-0.39, 0.29) is 40.1 Å². The van der Waals surface area contributed by atoms with E-state index in [2.05, 4.69) is 26.2 Å². The molecular formula is C33H47BN4O6. The number of nitrogens with two attached hydrogens (primary N) is 1. The van der Waals surface area contributed by atoms with Gasteiger partial charge in [0.15, 0.2) is 0 Å². The van der Waals surface area contributed by atoms with E-state index in [0.717, 1.165) is 30.8 Å². The van der Waals surface area contributed by atoms with E-state index < -0.39 is 40.9 Å². The number of hydrogen-bond donors (Lipinski definition) is 5. The summed E-state index contributed by atoms with van der Waals surface area (Å²) in [6, 6.07) is 0.803. The number of allylic oxidation sites excluding steroid dienone is 1. The van der Waals surface area contributed by atoms with Crippen LogP contribution in [0.2, 0.25) is 0 Å². The van der Waals surface area contributed by atoms with E-state index >= 15 is 0 Å². The van der Waals surface area contributed by atoms with Crippen molar-refractivity contribution in [3.8, 4) is 5.75 Å². The van der Waals surface area contributed by atoms with Crippen molar-refractivity contribution < 1.29 is 30.0 Å². The van der Waals surface area contributed by atoms with Crippen LogP contribution in [0, 0.1) is 17.3 Å². The quantitative estimate of drug-likeness (QED) is 0.266. The number of nitrogens with zero attached hydrogens (tertiary/aromatic N) is 3. The van der Waals surface area contributed by atoms with Crippen molar-refractivity contribution in [3.63, 3.8) is 0 Å². The first-order valence-corrected chi connectivity index (χ1v) is 15.7. The normalized spacial score (nSPS) is 27.7. The molecule has 1 aromatic rings. The Kier molecular flexibility index (Phi) is 8.31. The molecule has 11 heteroatoms. The first kappa shape index (κ1) is 32.3. The maximum absolute atomic E-state index is 14.2. The molecule has 0 heterocycles. The third kappa shape index (κ3) is 4.70. The molecule has 1 saturated carbocycles. The number of Topliss-reactive ketones (excluding diaryl/α,β-unsaturated/α-hetero) is 1. The van der Waals surface area contributed by atoms with Crippen LogP contribution in [-0.4, -0.2) is 108 Å². The van der Waals surface area contributed by atoms with E-state index in [1.807, 2.05) is 19.0 Å². The molecule has 0 unspecified atom stereocenters. The summed E-state index contributed by atoms with van der Waals surface area (Å²) in [6.07, 6.45) is 5.40. The van der Waals surface area contributed by atoms with E-state index in [1.54, 1.807) is 25.1 Å². The van der Waals surface area contributed by atoms with Crippen LogP contribution in [0.15, 0.2) is 28.7 Å². The molecule has 0 aromatic heterocycles. The van der Waals surface area contributed by atoms with E-state index in [9.17, 15) is 30.0 Å². The summed E-state index contributed by atoms with van der Waals surface area (Å²) in [7, 11) is 11.1. The van der Waals surface area contributed by atoms with Crippen LogP contribution < -0.4 is 10.6 Å². The summed E-state index contributed by atoms with van der Waals surface area (Å²) >= 11 is 0. The number of primary amides is 1. The van der Waals surface area contributed by atoms with Crippen molar-refractivity contribution in [2.45, 2.75) is 70.6 Å². The zero-order chi connectivity index (χ0) is 32.5. The summed E-state index contributed by atoms with van der Waals surface area (Å²) in [5.74, 6) is -3.96. The van der Waals surface area contributed by atoms with Crippen LogP contribution in [0.5, 0.6) is 5.75 Å². The third-order valence-electron chi connectivity index (χ3n) is 11.0. The molecule has 0 bridgehead atoms. The zero-order valence-corrected chi connectivity index (χ0v) is 26.9. The Balaban J connectivity index is 1.62. The minimum absolute atomic E-state index is 0.00192. The van der Waals surface area contributed by atoms with Crippen LogP contribution in [0.4, 0.5) is 5.69 Å². The van der Waals surface area contributed by atoms with Gasteiger partial charge in [0.25, 0.3) is 0 Å². The molecule has 5 rings (SSSR count). The van der Waals surface area contributed by atoms with Crippen molar-refractivity contribution in [2.24, 2.45) is 23.0 Å². The fraction of sp³-hybridized carbons (Fsp3) is 0.606. The van der Waals surface area contributed by atoms with Gasteiger partial charge in [0.1, 0.15) is 0 Å². The molecule has 4 aliphatic carbocycles. The first-order valence-electron chi connectivity index (χ1n) is 15.7. The van der Waals surface area contributed by atoms with Gasteiger partial charge in [-0.1, -0.05) is 20.3 Å². The number of rotatable bonds is 9. The number of benzene rings is 1. The Bertz CT molecular complexity index is 1470. The van der Waals surface area contributed by atoms with Crippen molar-refractivity contribution in [2.75, 3.05) is 46.2 Å². The van der Waals surface area contributed by atoms with E-state index in [1.165, 1.54) is 19.3 Å². The number of amides is 1. The predicted octanol–water partition coefficient (Wildman–Crippen LogP) is 2.09. The summed E-state index contributed by atoms with van der Waals surface area (Å²) in [6.45, 7) is 6.86. The molecule has 238 valence electrons. The van der Waals surface area contributed by atoms with Gasteiger partial charge >= 0.3 is 216 Å². The van der Waals surface area contributed by atoms with Crippen LogP contribution in [-0.2, 0) is 17.8 Å². The Hall–Kier alpha value is -3.15. The number of carbonyl (C=O) groups is 2. The Morgan fingerprint density at radius 1 is 1.14 bits per heavy atom. The van der Waals surface area contributed by atoms with Gasteiger partial charge in [-0.15, -0.1) is 0 Å². The minimum atomic E-state index is -2.21. The van der Waals surface area contributed by atoms with Gasteiger partial charge in [0.05, 0.1) is 0 Å². The number of carbonyl (C=O) groups excluding carboxylic acids is 2. The molecule has 4 aliphatic rings. The fourth-order valence-corrected chi connectivity index (χ4v) is 8.51. The second-order valence-corrected chi connectivity index (χ2v) is 13.8. The van der Waals surface area contributed by atoms with Gasteiger partial charge in [-0.05, 0) is 24.7 Å². The standard InChI is InChI=1S/C33H47BN4O6/c1-7-32(10-9-11-32)16-38(8-2)15-18-14-21(39)23-19(25(18)36(3)4)12-17-13-20-26(37(5)6)28(41)24(31(35)43)29(34)33(20,44)30(42)22(17)27(23)40/h14,17,20,26,34,39,41-42,44H,7-13,15-16H2,1-6H3,(H2,35,43)/t17-,20-,26-,33+/m0/s1. The monoisotopic (exact) mass is 606 g/mol. The third-order valence-corrected chi connectivity index (χ3v) is 11.0. The second-order valence-electron chi connectivity index (χ2n) is 13.8. The average molecular weight is 607 g/mol. The van der Waals surface area contributed by atoms with Crippen molar-refractivity contribution in [1.82, 2.24) is 9.80 Å². The molecule has 0 radical (unpaired) electrons. The van der Waals surface area contributed by atoms with Gasteiger partial charge in [0.2, 0.25) is 0 Å². The van der Waals surface area contributed by atoms with Crippen molar-refractivity contribution in [1.29, 1.82) is 0 Å². The van der Waals surface area contributed by atoms with Crippen LogP contribution >= 0.6 is 0 Å². The Labute approximate surface area is 260 Å². The number of aliphatic hydroxyl groups is 3. The number of aliphatic hydroxyl groups excluding tert-OH is 2. The van der Waals surface area contributed by atoms with Gasteiger partial charge in [-0.3, -0.25) is 0 Å². The molecule has 0 saturated heterocycles. The number of hydrogen-bond acceptors (Lipinski definition) is 9. The van der Waals surface area contributed by atoms with Crippen LogP contribution in [0.1, 0.15) is 67.4 Å². The number of phenolic OH excluding ortho intramolecular Hbond substituents is 1. The van der Waals surface area contributed by atoms with Crippen molar-refractivity contribution in [3.05, 3.63) is 45.4 Å². The van der Waals surface area contributed by atoms with Crippen LogP contribution in [0.25, 0.3) is 0 Å². The number of phenols is 1. The van der Waals surface area contributed by atoms with Gasteiger partial charge < -0.3 is 0 Å². The molecule has 0 aliphatic heterocycles. The molecule has 1 amide bonds. The number of aromatic hydroxyl groups is 1. The average Bonchev–Trinajstić information content (AvgIpc) is 2.91.